The van der Waals surface area contributed by atoms with Crippen LogP contribution in [0, 0.1) is 18.7 Å². The third-order valence-electron chi connectivity index (χ3n) is 4.85. The lowest BCUT2D eigenvalue weighted by Gasteiger charge is -2.32. The number of aryl methyl sites for hydroxylation is 1. The largest absolute Gasteiger partial charge is 0.371 e. The lowest BCUT2D eigenvalue weighted by atomic mass is 9.99. The summed E-state index contributed by atoms with van der Waals surface area (Å²) >= 11 is 0. The summed E-state index contributed by atoms with van der Waals surface area (Å²) in [6.45, 7) is 6.20. The molecule has 3 rings (SSSR count). The van der Waals surface area contributed by atoms with Crippen molar-refractivity contribution in [3.63, 3.8) is 0 Å². The van der Waals surface area contributed by atoms with Crippen molar-refractivity contribution in [2.75, 3.05) is 18.0 Å². The molecule has 1 N–H and O–H groups in total. The first-order valence-corrected chi connectivity index (χ1v) is 10.4. The second-order valence-corrected chi connectivity index (χ2v) is 8.83. The number of anilines is 1. The van der Waals surface area contributed by atoms with E-state index in [0.717, 1.165) is 24.7 Å². The van der Waals surface area contributed by atoms with Gasteiger partial charge in [0.15, 0.2) is 0 Å². The van der Waals surface area contributed by atoms with Crippen LogP contribution in [-0.4, -0.2) is 21.5 Å². The molecule has 0 saturated carbocycles. The van der Waals surface area contributed by atoms with Crippen LogP contribution in [0.3, 0.4) is 0 Å². The number of nitrogens with zero attached hydrogens (tertiary/aromatic N) is 1. The standard InChI is InChI=1S/C20H25FN2O2S/c1-15-4-3-11-23(14-15)19-8-5-17(6-9-19)13-22-26(24,25)20-10-7-18(21)12-16(20)2/h5-10,12,15,22H,3-4,11,13-14H2,1-2H3/t15-/m1/s1. The van der Waals surface area contributed by atoms with Crippen LogP contribution in [0.25, 0.3) is 0 Å². The molecule has 1 saturated heterocycles. The molecule has 26 heavy (non-hydrogen) atoms. The van der Waals surface area contributed by atoms with E-state index in [1.54, 1.807) is 6.92 Å². The Labute approximate surface area is 155 Å². The van der Waals surface area contributed by atoms with Gasteiger partial charge in [0.1, 0.15) is 5.82 Å². The fraction of sp³-hybridized carbons (Fsp3) is 0.400. The molecule has 0 amide bonds. The van der Waals surface area contributed by atoms with Crippen molar-refractivity contribution in [2.45, 2.75) is 38.1 Å². The van der Waals surface area contributed by atoms with Gasteiger partial charge in [-0.05, 0) is 67.1 Å². The molecule has 0 bridgehead atoms. The number of piperidine rings is 1. The Morgan fingerprint density at radius 1 is 1.19 bits per heavy atom. The molecule has 1 atom stereocenters. The predicted octanol–water partition coefficient (Wildman–Crippen LogP) is 3.85. The molecular weight excluding hydrogens is 351 g/mol. The molecule has 0 unspecified atom stereocenters. The predicted molar refractivity (Wildman–Crippen MR) is 102 cm³/mol. The van der Waals surface area contributed by atoms with Crippen LogP contribution in [0.2, 0.25) is 0 Å². The van der Waals surface area contributed by atoms with Crippen molar-refractivity contribution in [1.29, 1.82) is 0 Å². The van der Waals surface area contributed by atoms with Gasteiger partial charge in [-0.15, -0.1) is 0 Å². The molecule has 1 aliphatic heterocycles. The van der Waals surface area contributed by atoms with E-state index in [4.69, 9.17) is 0 Å². The summed E-state index contributed by atoms with van der Waals surface area (Å²) < 4.78 is 40.7. The fourth-order valence-electron chi connectivity index (χ4n) is 3.42. The number of halogens is 1. The molecule has 6 heteroatoms. The molecular formula is C20H25FN2O2S. The van der Waals surface area contributed by atoms with Crippen molar-refractivity contribution in [2.24, 2.45) is 5.92 Å². The van der Waals surface area contributed by atoms with E-state index < -0.39 is 15.8 Å². The minimum Gasteiger partial charge on any atom is -0.371 e. The molecule has 0 radical (unpaired) electrons. The zero-order valence-corrected chi connectivity index (χ0v) is 16.0. The molecule has 1 heterocycles. The van der Waals surface area contributed by atoms with Crippen LogP contribution in [0.15, 0.2) is 47.4 Å². The maximum Gasteiger partial charge on any atom is 0.241 e. The molecule has 2 aromatic rings. The van der Waals surface area contributed by atoms with Crippen molar-refractivity contribution >= 4 is 15.7 Å². The number of nitrogens with one attached hydrogen (secondary N) is 1. The van der Waals surface area contributed by atoms with E-state index in [1.807, 2.05) is 24.3 Å². The molecule has 1 aliphatic rings. The number of sulfonamides is 1. The highest BCUT2D eigenvalue weighted by Crippen LogP contribution is 2.23. The van der Waals surface area contributed by atoms with E-state index in [-0.39, 0.29) is 11.4 Å². The van der Waals surface area contributed by atoms with Gasteiger partial charge in [0, 0.05) is 25.3 Å². The third kappa shape index (κ3) is 4.43. The average Bonchev–Trinajstić information content (AvgIpc) is 2.60. The molecule has 0 aromatic heterocycles. The van der Waals surface area contributed by atoms with Crippen molar-refractivity contribution in [3.05, 3.63) is 59.4 Å². The van der Waals surface area contributed by atoms with Gasteiger partial charge in [0.05, 0.1) is 4.90 Å². The van der Waals surface area contributed by atoms with E-state index in [9.17, 15) is 12.8 Å². The molecule has 0 spiro atoms. The van der Waals surface area contributed by atoms with Crippen LogP contribution in [0.4, 0.5) is 10.1 Å². The van der Waals surface area contributed by atoms with Gasteiger partial charge in [-0.2, -0.15) is 0 Å². The second kappa shape index (κ2) is 7.76. The topological polar surface area (TPSA) is 49.4 Å². The van der Waals surface area contributed by atoms with Crippen molar-refractivity contribution < 1.29 is 12.8 Å². The smallest absolute Gasteiger partial charge is 0.241 e. The highest BCUT2D eigenvalue weighted by Gasteiger charge is 2.18. The number of hydrogen-bond acceptors (Lipinski definition) is 3. The first-order chi connectivity index (χ1) is 12.3. The molecule has 2 aromatic carbocycles. The zero-order valence-electron chi connectivity index (χ0n) is 15.2. The maximum atomic E-state index is 13.2. The quantitative estimate of drug-likeness (QED) is 0.862. The third-order valence-corrected chi connectivity index (χ3v) is 6.41. The van der Waals surface area contributed by atoms with Gasteiger partial charge in [-0.1, -0.05) is 19.1 Å². The van der Waals surface area contributed by atoms with Crippen LogP contribution < -0.4 is 9.62 Å². The van der Waals surface area contributed by atoms with Gasteiger partial charge >= 0.3 is 0 Å². The molecule has 0 aliphatic carbocycles. The van der Waals surface area contributed by atoms with Crippen LogP contribution in [0.1, 0.15) is 30.9 Å². The first kappa shape index (κ1) is 18.9. The minimum atomic E-state index is -3.67. The van der Waals surface area contributed by atoms with Crippen LogP contribution >= 0.6 is 0 Å². The Morgan fingerprint density at radius 3 is 2.58 bits per heavy atom. The molecule has 1 fully saturated rings. The molecule has 4 nitrogen and oxygen atoms in total. The maximum absolute atomic E-state index is 13.2. The summed E-state index contributed by atoms with van der Waals surface area (Å²) in [5.41, 5.74) is 2.46. The van der Waals surface area contributed by atoms with E-state index in [1.165, 1.54) is 30.7 Å². The summed E-state index contributed by atoms with van der Waals surface area (Å²) in [6, 6.07) is 11.7. The van der Waals surface area contributed by atoms with Gasteiger partial charge in [0.2, 0.25) is 10.0 Å². The first-order valence-electron chi connectivity index (χ1n) is 8.95. The van der Waals surface area contributed by atoms with Gasteiger partial charge < -0.3 is 4.90 Å². The summed E-state index contributed by atoms with van der Waals surface area (Å²) in [5.74, 6) is 0.262. The molecule has 140 valence electrons. The summed E-state index contributed by atoms with van der Waals surface area (Å²) in [5, 5.41) is 0. The number of rotatable bonds is 5. The van der Waals surface area contributed by atoms with E-state index in [2.05, 4.69) is 16.5 Å². The number of benzene rings is 2. The number of hydrogen-bond donors (Lipinski definition) is 1. The minimum absolute atomic E-state index is 0.109. The van der Waals surface area contributed by atoms with Crippen molar-refractivity contribution in [3.8, 4) is 0 Å². The normalized spacial score (nSPS) is 18.1. The zero-order chi connectivity index (χ0) is 18.7. The fourth-order valence-corrected chi connectivity index (χ4v) is 4.66. The van der Waals surface area contributed by atoms with Crippen molar-refractivity contribution in [1.82, 2.24) is 4.72 Å². The van der Waals surface area contributed by atoms with E-state index >= 15 is 0 Å². The Hall–Kier alpha value is -1.92. The Balaban J connectivity index is 1.66. The Bertz CT molecular complexity index is 866. The van der Waals surface area contributed by atoms with Crippen LogP contribution in [0.5, 0.6) is 0 Å². The monoisotopic (exact) mass is 376 g/mol. The lowest BCUT2D eigenvalue weighted by Crippen LogP contribution is -2.34. The second-order valence-electron chi connectivity index (χ2n) is 7.09. The van der Waals surface area contributed by atoms with Gasteiger partial charge in [-0.25, -0.2) is 17.5 Å². The average molecular weight is 376 g/mol. The Morgan fingerprint density at radius 2 is 1.92 bits per heavy atom. The SMILES string of the molecule is Cc1cc(F)ccc1S(=O)(=O)NCc1ccc(N2CCC[C@@H](C)C2)cc1. The Kier molecular flexibility index (Phi) is 5.63. The summed E-state index contributed by atoms with van der Waals surface area (Å²) in [7, 11) is -3.67. The van der Waals surface area contributed by atoms with Gasteiger partial charge in [0.25, 0.3) is 0 Å². The highest BCUT2D eigenvalue weighted by molar-refractivity contribution is 7.89. The van der Waals surface area contributed by atoms with E-state index in [0.29, 0.717) is 11.5 Å². The van der Waals surface area contributed by atoms with Gasteiger partial charge in [-0.3, -0.25) is 0 Å². The summed E-state index contributed by atoms with van der Waals surface area (Å²) in [6.07, 6.45) is 2.49. The highest BCUT2D eigenvalue weighted by atomic mass is 32.2. The van der Waals surface area contributed by atoms with Crippen LogP contribution in [-0.2, 0) is 16.6 Å². The summed E-state index contributed by atoms with van der Waals surface area (Å²) in [4.78, 5) is 2.49. The lowest BCUT2D eigenvalue weighted by molar-refractivity contribution is 0.447.